The molecule has 1 heterocycles. The van der Waals surface area contributed by atoms with Crippen LogP contribution in [0.25, 0.3) is 22.2 Å². The second-order valence-corrected chi connectivity index (χ2v) is 7.75. The predicted molar refractivity (Wildman–Crippen MR) is 124 cm³/mol. The maximum absolute atomic E-state index is 5.57. The highest BCUT2D eigenvalue weighted by molar-refractivity contribution is 5.85. The molecule has 0 saturated carbocycles. The molecular weight excluding hydrogens is 394 g/mol. The van der Waals surface area contributed by atoms with Crippen LogP contribution in [0.3, 0.4) is 0 Å². The quantitative estimate of drug-likeness (QED) is 0.461. The van der Waals surface area contributed by atoms with Crippen LogP contribution >= 0.6 is 12.4 Å². The van der Waals surface area contributed by atoms with Gasteiger partial charge in [-0.1, -0.05) is 42.5 Å². The first-order chi connectivity index (χ1) is 14.3. The van der Waals surface area contributed by atoms with E-state index in [4.69, 9.17) is 4.74 Å². The maximum Gasteiger partial charge on any atom is 0.122 e. The SMILES string of the molecule is COc1cccc2c1C[C@H](NCc1ccc(-c3ccc4nc[nH]c4c3)cc1)CC2.Cl. The second-order valence-electron chi connectivity index (χ2n) is 7.75. The number of H-pyrrole nitrogens is 1. The van der Waals surface area contributed by atoms with E-state index in [1.807, 2.05) is 0 Å². The number of imidazole rings is 1. The van der Waals surface area contributed by atoms with E-state index in [1.165, 1.54) is 34.2 Å². The van der Waals surface area contributed by atoms with Gasteiger partial charge in [0.05, 0.1) is 24.5 Å². The molecule has 1 aliphatic carbocycles. The number of nitrogens with one attached hydrogen (secondary N) is 2. The van der Waals surface area contributed by atoms with Gasteiger partial charge in [0.1, 0.15) is 5.75 Å². The zero-order chi connectivity index (χ0) is 19.6. The van der Waals surface area contributed by atoms with Crippen LogP contribution in [0.1, 0.15) is 23.1 Å². The number of nitrogens with zero attached hydrogens (tertiary/aromatic N) is 1. The maximum atomic E-state index is 5.57. The smallest absolute Gasteiger partial charge is 0.122 e. The Morgan fingerprint density at radius 2 is 1.90 bits per heavy atom. The van der Waals surface area contributed by atoms with Crippen LogP contribution in [0.4, 0.5) is 0 Å². The molecular formula is C25H26ClN3O. The van der Waals surface area contributed by atoms with Gasteiger partial charge in [0.15, 0.2) is 0 Å². The van der Waals surface area contributed by atoms with Gasteiger partial charge in [0.25, 0.3) is 0 Å². The number of aryl methyl sites for hydroxylation is 1. The third kappa shape index (κ3) is 4.07. The van der Waals surface area contributed by atoms with Crippen molar-refractivity contribution in [3.05, 3.63) is 83.7 Å². The lowest BCUT2D eigenvalue weighted by Crippen LogP contribution is -2.34. The molecule has 4 aromatic rings. The zero-order valence-electron chi connectivity index (χ0n) is 17.0. The Balaban J connectivity index is 0.00000218. The van der Waals surface area contributed by atoms with Crippen molar-refractivity contribution in [2.24, 2.45) is 0 Å². The summed E-state index contributed by atoms with van der Waals surface area (Å²) in [6, 6.07) is 22.1. The van der Waals surface area contributed by atoms with Crippen LogP contribution in [-0.2, 0) is 19.4 Å². The van der Waals surface area contributed by atoms with E-state index < -0.39 is 0 Å². The van der Waals surface area contributed by atoms with Gasteiger partial charge < -0.3 is 15.0 Å². The first kappa shape index (κ1) is 20.5. The van der Waals surface area contributed by atoms with Gasteiger partial charge in [0.2, 0.25) is 0 Å². The van der Waals surface area contributed by atoms with Gasteiger partial charge in [-0.15, -0.1) is 12.4 Å². The lowest BCUT2D eigenvalue weighted by atomic mass is 9.87. The van der Waals surface area contributed by atoms with Crippen molar-refractivity contribution < 1.29 is 4.74 Å². The fraction of sp³-hybridized carbons (Fsp3) is 0.240. The van der Waals surface area contributed by atoms with Gasteiger partial charge in [-0.05, 0) is 65.3 Å². The summed E-state index contributed by atoms with van der Waals surface area (Å²) in [6.45, 7) is 0.884. The Morgan fingerprint density at radius 3 is 2.73 bits per heavy atom. The molecule has 4 nitrogen and oxygen atoms in total. The molecule has 30 heavy (non-hydrogen) atoms. The van der Waals surface area contributed by atoms with E-state index in [-0.39, 0.29) is 12.4 Å². The molecule has 2 N–H and O–H groups in total. The summed E-state index contributed by atoms with van der Waals surface area (Å²) in [5.74, 6) is 1.02. The number of methoxy groups -OCH3 is 1. The van der Waals surface area contributed by atoms with E-state index >= 15 is 0 Å². The number of fused-ring (bicyclic) bond motifs is 2. The van der Waals surface area contributed by atoms with Crippen LogP contribution in [0.15, 0.2) is 67.0 Å². The van der Waals surface area contributed by atoms with Crippen molar-refractivity contribution >= 4 is 23.4 Å². The van der Waals surface area contributed by atoms with E-state index in [0.717, 1.165) is 36.2 Å². The molecule has 1 aliphatic rings. The second kappa shape index (κ2) is 8.90. The Hall–Kier alpha value is -2.82. The lowest BCUT2D eigenvalue weighted by Gasteiger charge is -2.27. The summed E-state index contributed by atoms with van der Waals surface area (Å²) >= 11 is 0. The number of hydrogen-bond acceptors (Lipinski definition) is 3. The molecule has 0 spiro atoms. The fourth-order valence-corrected chi connectivity index (χ4v) is 4.31. The van der Waals surface area contributed by atoms with E-state index in [1.54, 1.807) is 13.4 Å². The minimum Gasteiger partial charge on any atom is -0.496 e. The lowest BCUT2D eigenvalue weighted by molar-refractivity contribution is 0.393. The van der Waals surface area contributed by atoms with Gasteiger partial charge >= 0.3 is 0 Å². The number of rotatable bonds is 5. The van der Waals surface area contributed by atoms with Crippen molar-refractivity contribution in [1.82, 2.24) is 15.3 Å². The summed E-state index contributed by atoms with van der Waals surface area (Å²) in [7, 11) is 1.76. The number of aromatic nitrogens is 2. The summed E-state index contributed by atoms with van der Waals surface area (Å²) in [5, 5.41) is 3.74. The van der Waals surface area contributed by atoms with Crippen LogP contribution in [-0.4, -0.2) is 23.1 Å². The summed E-state index contributed by atoms with van der Waals surface area (Å²) in [5.41, 5.74) is 8.60. The molecule has 0 bridgehead atoms. The topological polar surface area (TPSA) is 49.9 Å². The highest BCUT2D eigenvalue weighted by Crippen LogP contribution is 2.30. The minimum absolute atomic E-state index is 0. The summed E-state index contributed by atoms with van der Waals surface area (Å²) < 4.78 is 5.57. The van der Waals surface area contributed by atoms with Gasteiger partial charge in [0, 0.05) is 12.6 Å². The number of halogens is 1. The standard InChI is InChI=1S/C25H25N3O.ClH/c1-29-25-4-2-3-19-9-11-21(14-22(19)25)26-15-17-5-7-18(8-6-17)20-10-12-23-24(13-20)28-16-27-23;/h2-8,10,12-13,16,21,26H,9,11,14-15H2,1H3,(H,27,28);1H/t21-;/m1./s1. The van der Waals surface area contributed by atoms with Crippen molar-refractivity contribution in [1.29, 1.82) is 0 Å². The summed E-state index contributed by atoms with van der Waals surface area (Å²) in [4.78, 5) is 7.47. The molecule has 0 amide bonds. The number of benzene rings is 3. The predicted octanol–water partition coefficient (Wildman–Crippen LogP) is 5.31. The Bertz CT molecular complexity index is 1120. The van der Waals surface area contributed by atoms with Gasteiger partial charge in [-0.25, -0.2) is 4.98 Å². The monoisotopic (exact) mass is 419 g/mol. The molecule has 0 saturated heterocycles. The highest BCUT2D eigenvalue weighted by Gasteiger charge is 2.21. The van der Waals surface area contributed by atoms with Crippen LogP contribution in [0.2, 0.25) is 0 Å². The largest absolute Gasteiger partial charge is 0.496 e. The van der Waals surface area contributed by atoms with Crippen molar-refractivity contribution in [3.8, 4) is 16.9 Å². The molecule has 0 aliphatic heterocycles. The Kier molecular flexibility index (Phi) is 6.07. The van der Waals surface area contributed by atoms with Crippen molar-refractivity contribution in [2.75, 3.05) is 7.11 Å². The molecule has 3 aromatic carbocycles. The van der Waals surface area contributed by atoms with Crippen LogP contribution < -0.4 is 10.1 Å². The number of aromatic amines is 1. The minimum atomic E-state index is 0. The number of hydrogen-bond donors (Lipinski definition) is 2. The van der Waals surface area contributed by atoms with Crippen LogP contribution in [0, 0.1) is 0 Å². The molecule has 0 fully saturated rings. The van der Waals surface area contributed by atoms with E-state index in [0.29, 0.717) is 6.04 Å². The first-order valence-electron chi connectivity index (χ1n) is 10.2. The van der Waals surface area contributed by atoms with Gasteiger partial charge in [-0.3, -0.25) is 0 Å². The zero-order valence-corrected chi connectivity index (χ0v) is 17.8. The highest BCUT2D eigenvalue weighted by atomic mass is 35.5. The molecule has 5 heteroatoms. The third-order valence-electron chi connectivity index (χ3n) is 5.97. The average Bonchev–Trinajstić information content (AvgIpc) is 3.25. The molecule has 1 aromatic heterocycles. The molecule has 5 rings (SSSR count). The van der Waals surface area contributed by atoms with Crippen molar-refractivity contribution in [2.45, 2.75) is 31.8 Å². The van der Waals surface area contributed by atoms with Gasteiger partial charge in [-0.2, -0.15) is 0 Å². The van der Waals surface area contributed by atoms with E-state index in [9.17, 15) is 0 Å². The fourth-order valence-electron chi connectivity index (χ4n) is 4.31. The average molecular weight is 420 g/mol. The summed E-state index contributed by atoms with van der Waals surface area (Å²) in [6.07, 6.45) is 5.05. The molecule has 0 unspecified atom stereocenters. The molecule has 154 valence electrons. The normalized spacial score (nSPS) is 15.4. The molecule has 0 radical (unpaired) electrons. The number of ether oxygens (including phenoxy) is 1. The Morgan fingerprint density at radius 1 is 1.07 bits per heavy atom. The first-order valence-corrected chi connectivity index (χ1v) is 10.2. The van der Waals surface area contributed by atoms with E-state index in [2.05, 4.69) is 75.9 Å². The van der Waals surface area contributed by atoms with Crippen molar-refractivity contribution in [3.63, 3.8) is 0 Å². The van der Waals surface area contributed by atoms with Crippen LogP contribution in [0.5, 0.6) is 5.75 Å². The molecule has 1 atom stereocenters. The third-order valence-corrected chi connectivity index (χ3v) is 5.97. The Labute approximate surface area is 183 Å².